The molecule has 3 heterocycles. The lowest BCUT2D eigenvalue weighted by molar-refractivity contribution is -0.141. The number of benzene rings is 2. The van der Waals surface area contributed by atoms with Crippen LogP contribution in [-0.4, -0.2) is 75.6 Å². The molecule has 226 valence electrons. The zero-order valence-corrected chi connectivity index (χ0v) is 24.7. The second-order valence-electron chi connectivity index (χ2n) is 9.96. The van der Waals surface area contributed by atoms with E-state index in [-0.39, 0.29) is 37.6 Å². The number of aromatic nitrogens is 2. The third-order valence-corrected chi connectivity index (χ3v) is 7.13. The fraction of sp³-hybridized carbons (Fsp3) is 0.344. The van der Waals surface area contributed by atoms with Crippen molar-refractivity contribution >= 4 is 11.9 Å². The average molecular weight is 590 g/mol. The number of para-hydroxylation sites is 1. The normalized spacial score (nSPS) is 14.9. The van der Waals surface area contributed by atoms with Gasteiger partial charge in [0, 0.05) is 42.9 Å². The van der Waals surface area contributed by atoms with Gasteiger partial charge in [0.1, 0.15) is 26.4 Å². The van der Waals surface area contributed by atoms with Crippen LogP contribution in [0.1, 0.15) is 25.3 Å². The number of dihydropyridines is 1. The lowest BCUT2D eigenvalue weighted by Crippen LogP contribution is -2.33. The molecule has 2 aliphatic heterocycles. The Morgan fingerprint density at radius 1 is 0.860 bits per heavy atom. The van der Waals surface area contributed by atoms with Crippen molar-refractivity contribution < 1.29 is 38.0 Å². The molecule has 11 heteroatoms. The van der Waals surface area contributed by atoms with Crippen LogP contribution in [0, 0.1) is 0 Å². The monoisotopic (exact) mass is 589 g/mol. The summed E-state index contributed by atoms with van der Waals surface area (Å²) in [5, 5.41) is 8.17. The third kappa shape index (κ3) is 6.42. The van der Waals surface area contributed by atoms with Crippen molar-refractivity contribution in [2.24, 2.45) is 0 Å². The highest BCUT2D eigenvalue weighted by Gasteiger charge is 2.40. The van der Waals surface area contributed by atoms with Crippen molar-refractivity contribution in [2.45, 2.75) is 19.8 Å². The van der Waals surface area contributed by atoms with E-state index in [2.05, 4.69) is 5.32 Å². The summed E-state index contributed by atoms with van der Waals surface area (Å²) in [5.74, 6) is -0.806. The van der Waals surface area contributed by atoms with Gasteiger partial charge in [0.05, 0.1) is 41.7 Å². The number of ether oxygens (including phenoxy) is 6. The largest absolute Gasteiger partial charge is 0.486 e. The Kier molecular flexibility index (Phi) is 9.43. The molecule has 0 amide bonds. The van der Waals surface area contributed by atoms with Gasteiger partial charge in [0.2, 0.25) is 0 Å². The van der Waals surface area contributed by atoms with Gasteiger partial charge in [-0.05, 0) is 44.2 Å². The van der Waals surface area contributed by atoms with E-state index in [1.54, 1.807) is 18.5 Å². The third-order valence-electron chi connectivity index (χ3n) is 7.13. The summed E-state index contributed by atoms with van der Waals surface area (Å²) in [6.07, 6.45) is 1.84. The van der Waals surface area contributed by atoms with E-state index >= 15 is 0 Å². The molecule has 1 aromatic heterocycles. The molecule has 0 atom stereocenters. The quantitative estimate of drug-likeness (QED) is 0.260. The van der Waals surface area contributed by atoms with E-state index in [0.29, 0.717) is 47.4 Å². The van der Waals surface area contributed by atoms with Crippen LogP contribution in [0.3, 0.4) is 0 Å². The molecule has 0 radical (unpaired) electrons. The summed E-state index contributed by atoms with van der Waals surface area (Å²) < 4.78 is 34.7. The number of methoxy groups -OCH3 is 2. The minimum absolute atomic E-state index is 0.0491. The van der Waals surface area contributed by atoms with E-state index in [4.69, 9.17) is 33.5 Å². The molecule has 3 aromatic rings. The van der Waals surface area contributed by atoms with Gasteiger partial charge >= 0.3 is 11.9 Å². The van der Waals surface area contributed by atoms with Gasteiger partial charge in [-0.1, -0.05) is 18.2 Å². The van der Waals surface area contributed by atoms with E-state index in [9.17, 15) is 9.59 Å². The van der Waals surface area contributed by atoms with Crippen LogP contribution in [0.4, 0.5) is 0 Å². The number of nitrogens with zero attached hydrogens (tertiary/aromatic N) is 2. The predicted molar refractivity (Wildman–Crippen MR) is 157 cm³/mol. The van der Waals surface area contributed by atoms with Crippen LogP contribution in [-0.2, 0) is 28.5 Å². The zero-order chi connectivity index (χ0) is 30.3. The van der Waals surface area contributed by atoms with Gasteiger partial charge in [0.25, 0.3) is 0 Å². The Morgan fingerprint density at radius 3 is 2.07 bits per heavy atom. The second kappa shape index (κ2) is 13.6. The minimum Gasteiger partial charge on any atom is -0.486 e. The number of allylic oxidation sites excluding steroid dienone is 2. The number of rotatable bonds is 11. The summed E-state index contributed by atoms with van der Waals surface area (Å²) in [4.78, 5) is 27.4. The van der Waals surface area contributed by atoms with Gasteiger partial charge in [0.15, 0.2) is 11.5 Å². The maximum absolute atomic E-state index is 13.7. The molecule has 0 unspecified atom stereocenters. The van der Waals surface area contributed by atoms with E-state index in [1.807, 2.05) is 54.7 Å². The first-order valence-corrected chi connectivity index (χ1v) is 14.0. The Bertz CT molecular complexity index is 1500. The summed E-state index contributed by atoms with van der Waals surface area (Å²) in [7, 11) is 3.06. The Balaban J connectivity index is 1.70. The highest BCUT2D eigenvalue weighted by molar-refractivity contribution is 6.00. The Morgan fingerprint density at radius 2 is 1.47 bits per heavy atom. The van der Waals surface area contributed by atoms with Crippen molar-refractivity contribution in [3.63, 3.8) is 0 Å². The molecule has 0 bridgehead atoms. The molecule has 0 saturated heterocycles. The molecule has 43 heavy (non-hydrogen) atoms. The Hall–Kier alpha value is -4.61. The first-order chi connectivity index (χ1) is 20.9. The summed E-state index contributed by atoms with van der Waals surface area (Å²) in [5.41, 5.74) is 4.34. The smallest absolute Gasteiger partial charge is 0.336 e. The van der Waals surface area contributed by atoms with E-state index < -0.39 is 17.9 Å². The maximum Gasteiger partial charge on any atom is 0.336 e. The SMILES string of the molecule is COCCOC(=O)C1=C(C)NC(C)=C(C(=O)OCCOC)C1c1cn(-c2ccccc2)nc1-c1ccc2c(c1)OCCO2. The zero-order valence-electron chi connectivity index (χ0n) is 24.7. The summed E-state index contributed by atoms with van der Waals surface area (Å²) in [6.45, 7) is 5.00. The molecule has 0 saturated carbocycles. The molecular weight excluding hydrogens is 554 g/mol. The Labute approximate surface area is 250 Å². The molecule has 1 N–H and O–H groups in total. The molecule has 2 aliphatic rings. The summed E-state index contributed by atoms with van der Waals surface area (Å²) >= 11 is 0. The van der Waals surface area contributed by atoms with E-state index in [1.165, 1.54) is 14.2 Å². The fourth-order valence-corrected chi connectivity index (χ4v) is 5.16. The average Bonchev–Trinajstić information content (AvgIpc) is 3.46. The van der Waals surface area contributed by atoms with E-state index in [0.717, 1.165) is 11.3 Å². The van der Waals surface area contributed by atoms with Crippen molar-refractivity contribution in [2.75, 3.05) is 53.9 Å². The topological polar surface area (TPSA) is 119 Å². The molecule has 0 spiro atoms. The predicted octanol–water partition coefficient (Wildman–Crippen LogP) is 3.92. The van der Waals surface area contributed by atoms with Crippen LogP contribution in [0.15, 0.2) is 77.3 Å². The van der Waals surface area contributed by atoms with Crippen molar-refractivity contribution in [1.29, 1.82) is 0 Å². The van der Waals surface area contributed by atoms with Crippen molar-refractivity contribution in [3.8, 4) is 28.4 Å². The minimum atomic E-state index is -0.869. The number of hydrogen-bond donors (Lipinski definition) is 1. The second-order valence-corrected chi connectivity index (χ2v) is 9.96. The molecule has 0 fully saturated rings. The van der Waals surface area contributed by atoms with Crippen LogP contribution in [0.25, 0.3) is 16.9 Å². The lowest BCUT2D eigenvalue weighted by atomic mass is 9.79. The molecule has 11 nitrogen and oxygen atoms in total. The fourth-order valence-electron chi connectivity index (χ4n) is 5.16. The lowest BCUT2D eigenvalue weighted by Gasteiger charge is -2.30. The van der Waals surface area contributed by atoms with Gasteiger partial charge in [-0.25, -0.2) is 14.3 Å². The first kappa shape index (κ1) is 29.9. The maximum atomic E-state index is 13.7. The van der Waals surface area contributed by atoms with Crippen molar-refractivity contribution in [3.05, 3.63) is 82.8 Å². The summed E-state index contributed by atoms with van der Waals surface area (Å²) in [6, 6.07) is 15.2. The number of fused-ring (bicyclic) bond motifs is 1. The molecule has 2 aromatic carbocycles. The van der Waals surface area contributed by atoms with Gasteiger partial charge in [-0.3, -0.25) is 0 Å². The van der Waals surface area contributed by atoms with Gasteiger partial charge in [-0.15, -0.1) is 0 Å². The number of nitrogens with one attached hydrogen (secondary N) is 1. The van der Waals surface area contributed by atoms with Crippen LogP contribution in [0.2, 0.25) is 0 Å². The number of hydrogen-bond acceptors (Lipinski definition) is 10. The van der Waals surface area contributed by atoms with Gasteiger partial charge in [-0.2, -0.15) is 5.10 Å². The standard InChI is InChI=1S/C32H35N3O8/c1-20-27(31(36)42-14-12-38-3)29(28(21(2)33-20)32(37)43-15-13-39-4)24-19-35(23-8-6-5-7-9-23)34-30(24)22-10-11-25-26(18-22)41-17-16-40-25/h5-11,18-19,29,33H,12-17H2,1-4H3. The van der Waals surface area contributed by atoms with Crippen LogP contribution < -0.4 is 14.8 Å². The molecular formula is C32H35N3O8. The molecule has 5 rings (SSSR count). The van der Waals surface area contributed by atoms with Gasteiger partial charge < -0.3 is 33.7 Å². The first-order valence-electron chi connectivity index (χ1n) is 14.0. The number of carbonyl (C=O) groups is 2. The highest BCUT2D eigenvalue weighted by Crippen LogP contribution is 2.44. The van der Waals surface area contributed by atoms with Crippen molar-refractivity contribution in [1.82, 2.24) is 15.1 Å². The van der Waals surface area contributed by atoms with Crippen LogP contribution >= 0.6 is 0 Å². The number of esters is 2. The number of carbonyl (C=O) groups excluding carboxylic acids is 2. The molecule has 0 aliphatic carbocycles. The highest BCUT2D eigenvalue weighted by atomic mass is 16.6. The van der Waals surface area contributed by atoms with Crippen LogP contribution in [0.5, 0.6) is 11.5 Å².